The fraction of sp³-hybridized carbons (Fsp3) is 0.647. The Balaban J connectivity index is 2.37. The van der Waals surface area contributed by atoms with E-state index in [-0.39, 0.29) is 6.04 Å². The average Bonchev–Trinajstić information content (AvgIpc) is 2.49. The number of benzene rings is 1. The van der Waals surface area contributed by atoms with E-state index in [1.54, 1.807) is 16.4 Å². The van der Waals surface area contributed by atoms with Crippen molar-refractivity contribution in [3.63, 3.8) is 0 Å². The van der Waals surface area contributed by atoms with Crippen molar-refractivity contribution in [2.45, 2.75) is 70.2 Å². The zero-order chi connectivity index (χ0) is 16.3. The number of nitrogens with zero attached hydrogens (tertiary/aromatic N) is 1. The largest absolute Gasteiger partial charge is 0.243 e. The van der Waals surface area contributed by atoms with E-state index in [0.717, 1.165) is 49.7 Å². The molecule has 1 heterocycles. The summed E-state index contributed by atoms with van der Waals surface area (Å²) in [7, 11) is -3.44. The molecular formula is C17H26ClNO2S. The molecule has 5 heteroatoms. The van der Waals surface area contributed by atoms with Crippen molar-refractivity contribution in [3.8, 4) is 0 Å². The molecule has 0 radical (unpaired) electrons. The minimum Gasteiger partial charge on any atom is -0.207 e. The van der Waals surface area contributed by atoms with Crippen LogP contribution in [0.2, 0.25) is 5.02 Å². The molecule has 1 aromatic carbocycles. The maximum Gasteiger partial charge on any atom is 0.243 e. The first kappa shape index (κ1) is 17.8. The molecule has 1 saturated heterocycles. The number of hydrogen-bond acceptors (Lipinski definition) is 2. The molecule has 1 atom stereocenters. The molecule has 1 unspecified atom stereocenters. The van der Waals surface area contributed by atoms with Gasteiger partial charge in [0.05, 0.1) is 4.90 Å². The molecule has 124 valence electrons. The number of unbranched alkanes of at least 4 members (excludes halogenated alkanes) is 1. The maximum atomic E-state index is 13.1. The molecule has 1 aliphatic heterocycles. The third-order valence-corrected chi connectivity index (χ3v) is 7.01. The number of rotatable bonds is 5. The molecule has 0 saturated carbocycles. The van der Waals surface area contributed by atoms with Crippen LogP contribution in [0.3, 0.4) is 0 Å². The van der Waals surface area contributed by atoms with Gasteiger partial charge in [0.1, 0.15) is 0 Å². The van der Waals surface area contributed by atoms with Crippen LogP contribution in [-0.2, 0) is 10.0 Å². The molecule has 1 aromatic rings. The smallest absolute Gasteiger partial charge is 0.207 e. The molecule has 3 nitrogen and oxygen atoms in total. The highest BCUT2D eigenvalue weighted by atomic mass is 35.5. The van der Waals surface area contributed by atoms with Gasteiger partial charge < -0.3 is 0 Å². The third-order valence-electron chi connectivity index (χ3n) is 4.51. The van der Waals surface area contributed by atoms with Crippen molar-refractivity contribution in [1.82, 2.24) is 4.31 Å². The van der Waals surface area contributed by atoms with Crippen LogP contribution in [-0.4, -0.2) is 25.3 Å². The summed E-state index contributed by atoms with van der Waals surface area (Å²) in [6.45, 7) is 6.46. The highest BCUT2D eigenvalue weighted by molar-refractivity contribution is 7.89. The molecule has 0 spiro atoms. The Bertz CT molecular complexity index is 628. The lowest BCUT2D eigenvalue weighted by atomic mass is 10.00. The number of sulfonamides is 1. The number of hydrogen-bond donors (Lipinski definition) is 0. The Kier molecular flexibility index (Phi) is 5.92. The summed E-state index contributed by atoms with van der Waals surface area (Å²) in [6, 6.07) is 3.63. The standard InChI is InChI=1S/C17H26ClNO2S/c1-4-5-8-15-9-6-7-10-19(15)22(20,21)17-12-13(2)16(18)11-14(17)3/h11-12,15H,4-10H2,1-3H3. The zero-order valence-electron chi connectivity index (χ0n) is 13.7. The van der Waals surface area contributed by atoms with E-state index < -0.39 is 10.0 Å². The fourth-order valence-corrected chi connectivity index (χ4v) is 5.41. The van der Waals surface area contributed by atoms with Crippen LogP contribution < -0.4 is 0 Å². The van der Waals surface area contributed by atoms with Crippen LogP contribution in [0.5, 0.6) is 0 Å². The molecule has 0 bridgehead atoms. The van der Waals surface area contributed by atoms with E-state index in [4.69, 9.17) is 11.6 Å². The molecule has 0 aliphatic carbocycles. The minimum atomic E-state index is -3.44. The SMILES string of the molecule is CCCCC1CCCCN1S(=O)(=O)c1cc(C)c(Cl)cc1C. The summed E-state index contributed by atoms with van der Waals surface area (Å²) in [5.74, 6) is 0. The van der Waals surface area contributed by atoms with Crippen molar-refractivity contribution in [2.24, 2.45) is 0 Å². The summed E-state index contributed by atoms with van der Waals surface area (Å²) < 4.78 is 28.0. The van der Waals surface area contributed by atoms with Gasteiger partial charge in [0, 0.05) is 17.6 Å². The number of aryl methyl sites for hydroxylation is 2. The van der Waals surface area contributed by atoms with E-state index >= 15 is 0 Å². The lowest BCUT2D eigenvalue weighted by molar-refractivity contribution is 0.237. The first-order chi connectivity index (χ1) is 10.4. The summed E-state index contributed by atoms with van der Waals surface area (Å²) in [4.78, 5) is 0.415. The summed E-state index contributed by atoms with van der Waals surface area (Å²) in [5.41, 5.74) is 1.54. The molecule has 22 heavy (non-hydrogen) atoms. The second-order valence-corrected chi connectivity index (χ2v) is 8.54. The van der Waals surface area contributed by atoms with Gasteiger partial charge in [-0.25, -0.2) is 8.42 Å². The van der Waals surface area contributed by atoms with Gasteiger partial charge in [-0.3, -0.25) is 0 Å². The third kappa shape index (κ3) is 3.66. The predicted octanol–water partition coefficient (Wildman–Crippen LogP) is 4.69. The van der Waals surface area contributed by atoms with Crippen molar-refractivity contribution >= 4 is 21.6 Å². The van der Waals surface area contributed by atoms with Crippen molar-refractivity contribution < 1.29 is 8.42 Å². The Hall–Kier alpha value is -0.580. The van der Waals surface area contributed by atoms with Crippen LogP contribution in [0, 0.1) is 13.8 Å². The molecule has 2 rings (SSSR count). The summed E-state index contributed by atoms with van der Waals surface area (Å²) in [6.07, 6.45) is 6.19. The molecule has 0 N–H and O–H groups in total. The predicted molar refractivity (Wildman–Crippen MR) is 92.0 cm³/mol. The highest BCUT2D eigenvalue weighted by Crippen LogP contribution is 2.31. The maximum absolute atomic E-state index is 13.1. The number of halogens is 1. The first-order valence-electron chi connectivity index (χ1n) is 8.16. The van der Waals surface area contributed by atoms with E-state index in [0.29, 0.717) is 16.5 Å². The van der Waals surface area contributed by atoms with Gasteiger partial charge in [0.15, 0.2) is 0 Å². The van der Waals surface area contributed by atoms with Gasteiger partial charge in [0.25, 0.3) is 0 Å². The van der Waals surface area contributed by atoms with Gasteiger partial charge in [0.2, 0.25) is 10.0 Å². The zero-order valence-corrected chi connectivity index (χ0v) is 15.3. The van der Waals surface area contributed by atoms with E-state index in [9.17, 15) is 8.42 Å². The van der Waals surface area contributed by atoms with Gasteiger partial charge in [-0.15, -0.1) is 0 Å². The van der Waals surface area contributed by atoms with Gasteiger partial charge >= 0.3 is 0 Å². The molecule has 0 amide bonds. The normalized spacial score (nSPS) is 20.3. The summed E-state index contributed by atoms with van der Waals surface area (Å²) >= 11 is 6.11. The number of piperidine rings is 1. The van der Waals surface area contributed by atoms with Crippen LogP contribution in [0.25, 0.3) is 0 Å². The first-order valence-corrected chi connectivity index (χ1v) is 9.98. The molecule has 0 aromatic heterocycles. The monoisotopic (exact) mass is 343 g/mol. The fourth-order valence-electron chi connectivity index (χ4n) is 3.18. The highest BCUT2D eigenvalue weighted by Gasteiger charge is 2.34. The van der Waals surface area contributed by atoms with E-state index in [1.165, 1.54) is 0 Å². The average molecular weight is 344 g/mol. The topological polar surface area (TPSA) is 37.4 Å². The van der Waals surface area contributed by atoms with Crippen LogP contribution in [0.4, 0.5) is 0 Å². The van der Waals surface area contributed by atoms with Crippen molar-refractivity contribution in [2.75, 3.05) is 6.54 Å². The van der Waals surface area contributed by atoms with Gasteiger partial charge in [-0.05, 0) is 56.4 Å². The molecule has 1 aliphatic rings. The molecular weight excluding hydrogens is 318 g/mol. The van der Waals surface area contributed by atoms with Gasteiger partial charge in [-0.1, -0.05) is 37.8 Å². The lowest BCUT2D eigenvalue weighted by Gasteiger charge is -2.35. The Morgan fingerprint density at radius 2 is 1.95 bits per heavy atom. The minimum absolute atomic E-state index is 0.147. The second kappa shape index (κ2) is 7.33. The van der Waals surface area contributed by atoms with Crippen molar-refractivity contribution in [1.29, 1.82) is 0 Å². The van der Waals surface area contributed by atoms with E-state index in [2.05, 4.69) is 6.92 Å². The van der Waals surface area contributed by atoms with Crippen LogP contribution >= 0.6 is 11.6 Å². The van der Waals surface area contributed by atoms with Crippen LogP contribution in [0.1, 0.15) is 56.6 Å². The van der Waals surface area contributed by atoms with Crippen LogP contribution in [0.15, 0.2) is 17.0 Å². The van der Waals surface area contributed by atoms with Gasteiger partial charge in [-0.2, -0.15) is 4.31 Å². The van der Waals surface area contributed by atoms with E-state index in [1.807, 2.05) is 13.8 Å². The Labute approximate surface area is 139 Å². The summed E-state index contributed by atoms with van der Waals surface area (Å²) in [5, 5.41) is 0.623. The Morgan fingerprint density at radius 1 is 1.23 bits per heavy atom. The molecule has 1 fully saturated rings. The Morgan fingerprint density at radius 3 is 2.64 bits per heavy atom. The van der Waals surface area contributed by atoms with Crippen molar-refractivity contribution in [3.05, 3.63) is 28.3 Å². The second-order valence-electron chi connectivity index (χ2n) is 6.27. The lowest BCUT2D eigenvalue weighted by Crippen LogP contribution is -2.43. The quantitative estimate of drug-likeness (QED) is 0.777.